The lowest BCUT2D eigenvalue weighted by Gasteiger charge is -2.09. The predicted molar refractivity (Wildman–Crippen MR) is 101 cm³/mol. The topological polar surface area (TPSA) is 99.5 Å². The average molecular weight is 407 g/mol. The molecule has 0 unspecified atom stereocenters. The average Bonchev–Trinajstić information content (AvgIpc) is 3.01. The highest BCUT2D eigenvalue weighted by Gasteiger charge is 2.27. The lowest BCUT2D eigenvalue weighted by atomic mass is 10.1. The molecule has 27 heavy (non-hydrogen) atoms. The van der Waals surface area contributed by atoms with Crippen LogP contribution in [0.15, 0.2) is 65.7 Å². The molecular formula is C18H17NO6S2. The molecule has 0 fully saturated rings. The first kappa shape index (κ1) is 19.3. The zero-order valence-electron chi connectivity index (χ0n) is 14.6. The lowest BCUT2D eigenvalue weighted by molar-refractivity contribution is 0.0829. The Balaban J connectivity index is 2.17. The highest BCUT2D eigenvalue weighted by Crippen LogP contribution is 2.27. The Kier molecular flexibility index (Phi) is 4.94. The second-order valence-electron chi connectivity index (χ2n) is 5.98. The Bertz CT molecular complexity index is 1210. The Morgan fingerprint density at radius 2 is 1.56 bits per heavy atom. The summed E-state index contributed by atoms with van der Waals surface area (Å²) >= 11 is 0. The summed E-state index contributed by atoms with van der Waals surface area (Å²) in [5.74, 6) is -0.626. The molecule has 0 saturated carbocycles. The number of aromatic nitrogens is 1. The molecule has 0 aliphatic carbocycles. The molecule has 0 aliphatic rings. The smallest absolute Gasteiger partial charge is 0.268 e. The Morgan fingerprint density at radius 3 is 2.19 bits per heavy atom. The first-order valence-electron chi connectivity index (χ1n) is 7.94. The van der Waals surface area contributed by atoms with E-state index in [-0.39, 0.29) is 10.5 Å². The van der Waals surface area contributed by atoms with Gasteiger partial charge in [-0.2, -0.15) is 8.42 Å². The van der Waals surface area contributed by atoms with Crippen LogP contribution in [0.2, 0.25) is 0 Å². The van der Waals surface area contributed by atoms with E-state index in [4.69, 9.17) is 4.18 Å². The highest BCUT2D eigenvalue weighted by molar-refractivity contribution is 7.90. The second kappa shape index (κ2) is 6.91. The SMILES string of the molecule is C[C@@H](OS(C)(=O)=O)C(=O)c1cn(S(=O)(=O)c2ccccc2)c2ccccc12. The minimum absolute atomic E-state index is 0.0706. The maximum atomic E-state index is 13.0. The van der Waals surface area contributed by atoms with Crippen molar-refractivity contribution in [3.05, 3.63) is 66.4 Å². The van der Waals surface area contributed by atoms with Crippen molar-refractivity contribution in [3.8, 4) is 0 Å². The largest absolute Gasteiger partial charge is 0.291 e. The molecule has 9 heteroatoms. The van der Waals surface area contributed by atoms with Crippen LogP contribution >= 0.6 is 0 Å². The molecule has 0 bridgehead atoms. The van der Waals surface area contributed by atoms with Crippen molar-refractivity contribution in [2.24, 2.45) is 0 Å². The summed E-state index contributed by atoms with van der Waals surface area (Å²) in [6.45, 7) is 1.31. The van der Waals surface area contributed by atoms with Crippen molar-refractivity contribution < 1.29 is 25.8 Å². The van der Waals surface area contributed by atoms with E-state index >= 15 is 0 Å². The number of hydrogen-bond donors (Lipinski definition) is 0. The van der Waals surface area contributed by atoms with E-state index in [0.717, 1.165) is 10.2 Å². The van der Waals surface area contributed by atoms with E-state index in [9.17, 15) is 21.6 Å². The number of fused-ring (bicyclic) bond motifs is 1. The maximum absolute atomic E-state index is 13.0. The van der Waals surface area contributed by atoms with Gasteiger partial charge in [-0.05, 0) is 25.1 Å². The predicted octanol–water partition coefficient (Wildman–Crippen LogP) is 2.43. The molecule has 142 valence electrons. The van der Waals surface area contributed by atoms with Crippen LogP contribution in [0.25, 0.3) is 10.9 Å². The number of Topliss-reactive ketones (excluding diaryl/α,β-unsaturated/α-hetero) is 1. The summed E-state index contributed by atoms with van der Waals surface area (Å²) in [6.07, 6.45) is 0.774. The normalized spacial score (nSPS) is 13.6. The number of nitrogens with zero attached hydrogens (tertiary/aromatic N) is 1. The van der Waals surface area contributed by atoms with Crippen molar-refractivity contribution in [1.29, 1.82) is 0 Å². The van der Waals surface area contributed by atoms with Gasteiger partial charge in [-0.3, -0.25) is 8.98 Å². The van der Waals surface area contributed by atoms with Gasteiger partial charge in [0, 0.05) is 17.1 Å². The minimum Gasteiger partial charge on any atom is -0.291 e. The number of carbonyl (C=O) groups excluding carboxylic acids is 1. The molecule has 0 saturated heterocycles. The van der Waals surface area contributed by atoms with E-state index in [1.54, 1.807) is 42.5 Å². The van der Waals surface area contributed by atoms with Gasteiger partial charge in [-0.25, -0.2) is 12.4 Å². The fourth-order valence-electron chi connectivity index (χ4n) is 2.78. The summed E-state index contributed by atoms with van der Waals surface area (Å²) < 4.78 is 54.4. The van der Waals surface area contributed by atoms with E-state index in [2.05, 4.69) is 0 Å². The molecule has 0 radical (unpaired) electrons. The fourth-order valence-corrected chi connectivity index (χ4v) is 4.78. The van der Waals surface area contributed by atoms with Crippen LogP contribution in [0.5, 0.6) is 0 Å². The third-order valence-electron chi connectivity index (χ3n) is 3.93. The van der Waals surface area contributed by atoms with Gasteiger partial charge in [0.25, 0.3) is 20.1 Å². The third kappa shape index (κ3) is 3.80. The second-order valence-corrected chi connectivity index (χ2v) is 9.40. The zero-order valence-corrected chi connectivity index (χ0v) is 16.2. The molecule has 0 aliphatic heterocycles. The van der Waals surface area contributed by atoms with Crippen LogP contribution < -0.4 is 0 Å². The molecule has 0 N–H and O–H groups in total. The summed E-state index contributed by atoms with van der Waals surface area (Å²) in [5, 5.41) is 0.394. The van der Waals surface area contributed by atoms with Gasteiger partial charge in [-0.1, -0.05) is 36.4 Å². The van der Waals surface area contributed by atoms with Crippen LogP contribution in [0.1, 0.15) is 17.3 Å². The van der Waals surface area contributed by atoms with Crippen LogP contribution in [0, 0.1) is 0 Å². The van der Waals surface area contributed by atoms with Crippen LogP contribution in [-0.2, 0) is 24.3 Å². The van der Waals surface area contributed by atoms with Crippen LogP contribution in [0.3, 0.4) is 0 Å². The van der Waals surface area contributed by atoms with Gasteiger partial charge in [-0.15, -0.1) is 0 Å². The Labute approximate surface area is 157 Å². The Morgan fingerprint density at radius 1 is 0.963 bits per heavy atom. The lowest BCUT2D eigenvalue weighted by Crippen LogP contribution is -2.23. The van der Waals surface area contributed by atoms with Crippen molar-refractivity contribution in [2.75, 3.05) is 6.26 Å². The molecule has 0 amide bonds. The molecule has 2 aromatic carbocycles. The molecule has 3 aromatic rings. The van der Waals surface area contributed by atoms with Crippen LogP contribution in [0.4, 0.5) is 0 Å². The van der Waals surface area contributed by atoms with Crippen molar-refractivity contribution in [3.63, 3.8) is 0 Å². The Hall–Kier alpha value is -2.49. The fraction of sp³-hybridized carbons (Fsp3) is 0.167. The van der Waals surface area contributed by atoms with E-state index in [1.807, 2.05) is 0 Å². The number of para-hydroxylation sites is 1. The quantitative estimate of drug-likeness (QED) is 0.460. The summed E-state index contributed by atoms with van der Waals surface area (Å²) in [6, 6.07) is 14.3. The molecular weight excluding hydrogens is 390 g/mol. The molecule has 1 atom stereocenters. The van der Waals surface area contributed by atoms with E-state index in [1.165, 1.54) is 25.3 Å². The third-order valence-corrected chi connectivity index (χ3v) is 6.26. The van der Waals surface area contributed by atoms with Gasteiger partial charge in [0.1, 0.15) is 6.10 Å². The zero-order chi connectivity index (χ0) is 19.8. The van der Waals surface area contributed by atoms with Crippen molar-refractivity contribution in [1.82, 2.24) is 3.97 Å². The van der Waals surface area contributed by atoms with E-state index in [0.29, 0.717) is 10.9 Å². The minimum atomic E-state index is -3.93. The monoisotopic (exact) mass is 407 g/mol. The van der Waals surface area contributed by atoms with Gasteiger partial charge >= 0.3 is 0 Å². The van der Waals surface area contributed by atoms with E-state index < -0.39 is 32.0 Å². The van der Waals surface area contributed by atoms with Gasteiger partial charge < -0.3 is 0 Å². The number of hydrogen-bond acceptors (Lipinski definition) is 6. The number of benzene rings is 2. The summed E-state index contributed by atoms with van der Waals surface area (Å²) in [4.78, 5) is 12.8. The summed E-state index contributed by atoms with van der Waals surface area (Å²) in [5.41, 5.74) is 0.387. The maximum Gasteiger partial charge on any atom is 0.268 e. The molecule has 7 nitrogen and oxygen atoms in total. The number of carbonyl (C=O) groups is 1. The van der Waals surface area contributed by atoms with Crippen molar-refractivity contribution in [2.45, 2.75) is 17.9 Å². The molecule has 0 spiro atoms. The molecule has 1 heterocycles. The number of ketones is 1. The standard InChI is InChI=1S/C18H17NO6S2/c1-13(25-26(2,21)22)18(20)16-12-19(17-11-7-6-10-15(16)17)27(23,24)14-8-4-3-5-9-14/h3-13H,1-2H3/t13-/m1/s1. The van der Waals surface area contributed by atoms with Crippen molar-refractivity contribution >= 4 is 36.8 Å². The molecule has 3 rings (SSSR count). The molecule has 1 aromatic heterocycles. The van der Waals surface area contributed by atoms with Gasteiger partial charge in [0.15, 0.2) is 5.78 Å². The first-order valence-corrected chi connectivity index (χ1v) is 11.2. The number of rotatable bonds is 6. The van der Waals surface area contributed by atoms with Gasteiger partial charge in [0.05, 0.1) is 16.7 Å². The first-order chi connectivity index (χ1) is 12.6. The summed E-state index contributed by atoms with van der Waals surface area (Å²) in [7, 11) is -7.77. The van der Waals surface area contributed by atoms with Gasteiger partial charge in [0.2, 0.25) is 0 Å². The van der Waals surface area contributed by atoms with Crippen LogP contribution in [-0.4, -0.2) is 39.0 Å². The highest BCUT2D eigenvalue weighted by atomic mass is 32.2.